The van der Waals surface area contributed by atoms with Gasteiger partial charge >= 0.3 is 0 Å². The molecule has 0 aliphatic heterocycles. The predicted octanol–water partition coefficient (Wildman–Crippen LogP) is 12.2. The molecular weight excluding hydrogens is 659 g/mol. The first-order valence-electron chi connectivity index (χ1n) is 18.2. The summed E-state index contributed by atoms with van der Waals surface area (Å²) in [7, 11) is 0. The first-order chi connectivity index (χ1) is 26.8. The lowest BCUT2D eigenvalue weighted by molar-refractivity contribution is 1.07. The van der Waals surface area contributed by atoms with Crippen LogP contribution in [0.25, 0.3) is 99.8 Å². The first kappa shape index (κ1) is 30.3. The number of nitrogens with zero attached hydrogens (tertiary/aromatic N) is 5. The van der Waals surface area contributed by atoms with E-state index in [1.54, 1.807) is 0 Å². The fourth-order valence-electron chi connectivity index (χ4n) is 8.08. The van der Waals surface area contributed by atoms with E-state index in [1.165, 1.54) is 43.4 Å². The van der Waals surface area contributed by atoms with Crippen molar-refractivity contribution in [2.45, 2.75) is 0 Å². The minimum Gasteiger partial charge on any atom is -0.309 e. The molecule has 0 aliphatic carbocycles. The molecule has 0 saturated carbocycles. The number of pyridine rings is 1. The van der Waals surface area contributed by atoms with Crippen molar-refractivity contribution in [2.75, 3.05) is 0 Å². The van der Waals surface area contributed by atoms with Gasteiger partial charge in [0.25, 0.3) is 0 Å². The molecule has 0 amide bonds. The van der Waals surface area contributed by atoms with E-state index in [2.05, 4.69) is 173 Å². The van der Waals surface area contributed by atoms with Crippen molar-refractivity contribution >= 4 is 54.4 Å². The second-order valence-corrected chi connectivity index (χ2v) is 13.7. The Bertz CT molecular complexity index is 3200. The van der Waals surface area contributed by atoms with Crippen molar-refractivity contribution in [1.82, 2.24) is 24.1 Å². The molecule has 0 radical (unpaired) electrons. The van der Waals surface area contributed by atoms with Gasteiger partial charge in [-0.2, -0.15) is 0 Å². The molecule has 4 heterocycles. The van der Waals surface area contributed by atoms with Crippen LogP contribution in [0, 0.1) is 0 Å². The zero-order valence-electron chi connectivity index (χ0n) is 29.1. The molecule has 11 aromatic rings. The van der Waals surface area contributed by atoms with Crippen LogP contribution in [0.2, 0.25) is 0 Å². The van der Waals surface area contributed by atoms with Gasteiger partial charge in [-0.25, -0.2) is 15.0 Å². The van der Waals surface area contributed by atoms with E-state index in [9.17, 15) is 0 Å². The molecular formula is C49H31N5. The highest BCUT2D eigenvalue weighted by molar-refractivity contribution is 6.26. The summed E-state index contributed by atoms with van der Waals surface area (Å²) in [5, 5.41) is 7.22. The molecule has 0 saturated heterocycles. The molecule has 11 rings (SSSR count). The van der Waals surface area contributed by atoms with Gasteiger partial charge in [-0.3, -0.25) is 4.57 Å². The van der Waals surface area contributed by atoms with Gasteiger partial charge in [0.15, 0.2) is 5.82 Å². The van der Waals surface area contributed by atoms with E-state index in [1.807, 2.05) is 24.4 Å². The molecule has 54 heavy (non-hydrogen) atoms. The van der Waals surface area contributed by atoms with Crippen LogP contribution in [0.3, 0.4) is 0 Å². The van der Waals surface area contributed by atoms with Gasteiger partial charge in [0.2, 0.25) is 0 Å². The number of hydrogen-bond donors (Lipinski definition) is 0. The number of benzene rings is 7. The summed E-state index contributed by atoms with van der Waals surface area (Å²) in [5.41, 5.74) is 10.4. The van der Waals surface area contributed by atoms with Gasteiger partial charge in [-0.15, -0.1) is 0 Å². The van der Waals surface area contributed by atoms with Crippen LogP contribution in [0.15, 0.2) is 188 Å². The predicted molar refractivity (Wildman–Crippen MR) is 222 cm³/mol. The second-order valence-electron chi connectivity index (χ2n) is 13.7. The Morgan fingerprint density at radius 2 is 1.04 bits per heavy atom. The number of aromatic nitrogens is 5. The molecule has 0 aliphatic rings. The van der Waals surface area contributed by atoms with Gasteiger partial charge in [-0.05, 0) is 65.4 Å². The molecule has 252 valence electrons. The number of para-hydroxylation sites is 3. The topological polar surface area (TPSA) is 48.5 Å². The van der Waals surface area contributed by atoms with Gasteiger partial charge in [-0.1, -0.05) is 127 Å². The van der Waals surface area contributed by atoms with E-state index in [-0.39, 0.29) is 0 Å². The standard InChI is InChI=1S/C49H31N5/c1-3-14-33(15-4-1)41-30-42(35-24-23-32-13-7-8-16-34(32)29-35)52-49(51-41)36-25-28-46(50-31-36)54-44-22-12-10-20-40(44)47-45(54)27-26-39-38-19-9-11-21-43(38)53(48(39)47)37-17-5-2-6-18-37/h1-31H. The normalized spacial score (nSPS) is 11.7. The maximum atomic E-state index is 5.13. The van der Waals surface area contributed by atoms with E-state index in [0.29, 0.717) is 5.82 Å². The van der Waals surface area contributed by atoms with Crippen molar-refractivity contribution in [3.8, 4) is 45.4 Å². The highest BCUT2D eigenvalue weighted by Crippen LogP contribution is 2.42. The monoisotopic (exact) mass is 689 g/mol. The third-order valence-corrected chi connectivity index (χ3v) is 10.6. The minimum absolute atomic E-state index is 0.634. The van der Waals surface area contributed by atoms with Crippen molar-refractivity contribution in [1.29, 1.82) is 0 Å². The average Bonchev–Trinajstić information content (AvgIpc) is 3.77. The van der Waals surface area contributed by atoms with Crippen molar-refractivity contribution in [3.63, 3.8) is 0 Å². The summed E-state index contributed by atoms with van der Waals surface area (Å²) in [6.45, 7) is 0. The van der Waals surface area contributed by atoms with E-state index >= 15 is 0 Å². The average molecular weight is 690 g/mol. The minimum atomic E-state index is 0.634. The van der Waals surface area contributed by atoms with Crippen LogP contribution in [-0.4, -0.2) is 24.1 Å². The van der Waals surface area contributed by atoms with Crippen molar-refractivity contribution in [3.05, 3.63) is 188 Å². The lowest BCUT2D eigenvalue weighted by atomic mass is 10.0. The van der Waals surface area contributed by atoms with Crippen LogP contribution in [0.4, 0.5) is 0 Å². The Labute approximate surface area is 311 Å². The van der Waals surface area contributed by atoms with E-state index < -0.39 is 0 Å². The van der Waals surface area contributed by atoms with Gasteiger partial charge < -0.3 is 4.57 Å². The smallest absolute Gasteiger partial charge is 0.161 e. The summed E-state index contributed by atoms with van der Waals surface area (Å²) in [6, 6.07) is 64.0. The Morgan fingerprint density at radius 1 is 0.389 bits per heavy atom. The lowest BCUT2D eigenvalue weighted by Crippen LogP contribution is -1.99. The molecule has 5 heteroatoms. The maximum Gasteiger partial charge on any atom is 0.161 e. The summed E-state index contributed by atoms with van der Waals surface area (Å²) < 4.78 is 4.69. The summed E-state index contributed by atoms with van der Waals surface area (Å²) in [4.78, 5) is 15.3. The fraction of sp³-hybridized carbons (Fsp3) is 0. The van der Waals surface area contributed by atoms with Gasteiger partial charge in [0.05, 0.1) is 33.5 Å². The third kappa shape index (κ3) is 4.76. The maximum absolute atomic E-state index is 5.13. The third-order valence-electron chi connectivity index (χ3n) is 10.6. The Hall–Kier alpha value is -7.37. The van der Waals surface area contributed by atoms with Crippen LogP contribution in [0.5, 0.6) is 0 Å². The van der Waals surface area contributed by atoms with Crippen molar-refractivity contribution in [2.24, 2.45) is 0 Å². The van der Waals surface area contributed by atoms with Gasteiger partial charge in [0, 0.05) is 50.1 Å². The Kier molecular flexibility index (Phi) is 6.79. The molecule has 0 bridgehead atoms. The molecule has 0 atom stereocenters. The SMILES string of the molecule is c1ccc(-c2cc(-c3ccc4ccccc4c3)nc(-c3ccc(-n4c5ccccc5c5c4ccc4c6ccccc6n(-c6ccccc6)c45)nc3)n2)cc1. The number of fused-ring (bicyclic) bond motifs is 8. The highest BCUT2D eigenvalue weighted by Gasteiger charge is 2.21. The molecule has 7 aromatic carbocycles. The van der Waals surface area contributed by atoms with Crippen LogP contribution in [0.1, 0.15) is 0 Å². The van der Waals surface area contributed by atoms with Crippen molar-refractivity contribution < 1.29 is 0 Å². The van der Waals surface area contributed by atoms with Crippen LogP contribution >= 0.6 is 0 Å². The van der Waals surface area contributed by atoms with Gasteiger partial charge in [0.1, 0.15) is 5.82 Å². The zero-order valence-corrected chi connectivity index (χ0v) is 29.1. The van der Waals surface area contributed by atoms with Crippen LogP contribution in [-0.2, 0) is 0 Å². The first-order valence-corrected chi connectivity index (χ1v) is 18.2. The number of rotatable bonds is 5. The zero-order chi connectivity index (χ0) is 35.6. The lowest BCUT2D eigenvalue weighted by Gasteiger charge is -2.11. The fourth-order valence-corrected chi connectivity index (χ4v) is 8.08. The Morgan fingerprint density at radius 3 is 1.81 bits per heavy atom. The summed E-state index contributed by atoms with van der Waals surface area (Å²) in [5.74, 6) is 1.47. The molecule has 5 nitrogen and oxygen atoms in total. The number of hydrogen-bond acceptors (Lipinski definition) is 3. The largest absolute Gasteiger partial charge is 0.309 e. The molecule has 0 unspecified atom stereocenters. The van der Waals surface area contributed by atoms with E-state index in [0.717, 1.165) is 50.6 Å². The summed E-state index contributed by atoms with van der Waals surface area (Å²) >= 11 is 0. The quantitative estimate of drug-likeness (QED) is 0.181. The second kappa shape index (κ2) is 12.1. The van der Waals surface area contributed by atoms with E-state index in [4.69, 9.17) is 15.0 Å². The summed E-state index contributed by atoms with van der Waals surface area (Å²) in [6.07, 6.45) is 1.91. The molecule has 0 N–H and O–H groups in total. The molecule has 0 spiro atoms. The Balaban J connectivity index is 1.10. The highest BCUT2D eigenvalue weighted by atomic mass is 15.1. The molecule has 0 fully saturated rings. The van der Waals surface area contributed by atoms with Crippen LogP contribution < -0.4 is 0 Å². The molecule has 4 aromatic heterocycles.